The molecule has 2 rings (SSSR count). The number of rotatable bonds is 4. The fourth-order valence-electron chi connectivity index (χ4n) is 1.94. The van der Waals surface area contributed by atoms with E-state index in [-0.39, 0.29) is 31.1 Å². The maximum absolute atomic E-state index is 13.1. The number of benzene rings is 1. The van der Waals surface area contributed by atoms with E-state index in [0.717, 1.165) is 12.1 Å². The third-order valence-electron chi connectivity index (χ3n) is 3.14. The molecule has 1 aromatic carbocycles. The first-order chi connectivity index (χ1) is 9.88. The van der Waals surface area contributed by atoms with Gasteiger partial charge in [-0.05, 0) is 18.2 Å². The van der Waals surface area contributed by atoms with Gasteiger partial charge < -0.3 is 16.0 Å². The molecule has 3 amide bonds. The van der Waals surface area contributed by atoms with Crippen molar-refractivity contribution in [2.45, 2.75) is 0 Å². The largest absolute Gasteiger partial charge is 0.368 e. The van der Waals surface area contributed by atoms with Crippen LogP contribution in [0.2, 0.25) is 0 Å². The van der Waals surface area contributed by atoms with Crippen molar-refractivity contribution in [3.63, 3.8) is 0 Å². The first-order valence-electron chi connectivity index (χ1n) is 6.19. The highest BCUT2D eigenvalue weighted by molar-refractivity contribution is 5.96. The Morgan fingerprint density at radius 2 is 1.90 bits per heavy atom. The minimum absolute atomic E-state index is 0.0184. The topological polar surface area (TPSA) is 92.5 Å². The summed E-state index contributed by atoms with van der Waals surface area (Å²) in [5, 5.41) is 2.34. The second kappa shape index (κ2) is 5.86. The Bertz CT molecular complexity index is 600. The minimum Gasteiger partial charge on any atom is -0.368 e. The lowest BCUT2D eigenvalue weighted by Crippen LogP contribution is -2.56. The highest BCUT2D eigenvalue weighted by Gasteiger charge is 2.36. The van der Waals surface area contributed by atoms with Crippen molar-refractivity contribution in [2.24, 2.45) is 11.7 Å². The Kier molecular flexibility index (Phi) is 4.15. The predicted molar refractivity (Wildman–Crippen MR) is 68.0 cm³/mol. The first kappa shape index (κ1) is 14.9. The summed E-state index contributed by atoms with van der Waals surface area (Å²) in [6.07, 6.45) is 0. The summed E-state index contributed by atoms with van der Waals surface area (Å²) < 4.78 is 25.8. The first-order valence-corrected chi connectivity index (χ1v) is 6.19. The number of nitrogens with zero attached hydrogens (tertiary/aromatic N) is 1. The number of likely N-dealkylation sites (tertiary alicyclic amines) is 1. The molecule has 0 aliphatic carbocycles. The van der Waals surface area contributed by atoms with Gasteiger partial charge in [-0.2, -0.15) is 0 Å². The molecule has 1 aromatic rings. The highest BCUT2D eigenvalue weighted by Crippen LogP contribution is 2.20. The standard InChI is InChI=1S/C13H13F2N3O3/c14-9-2-1-7(3-10(9)15)13(21)18-5-8(6-18)12(20)17-4-11(16)19/h1-3,8H,4-6H2,(H2,16,19)(H,17,20). The summed E-state index contributed by atoms with van der Waals surface area (Å²) in [6, 6.07) is 2.87. The van der Waals surface area contributed by atoms with Gasteiger partial charge in [0.1, 0.15) is 0 Å². The zero-order chi connectivity index (χ0) is 15.6. The van der Waals surface area contributed by atoms with Gasteiger partial charge in [0.25, 0.3) is 5.91 Å². The van der Waals surface area contributed by atoms with E-state index in [2.05, 4.69) is 5.32 Å². The summed E-state index contributed by atoms with van der Waals surface area (Å²) in [4.78, 5) is 35.4. The molecule has 0 saturated carbocycles. The average Bonchev–Trinajstić information content (AvgIpc) is 2.37. The van der Waals surface area contributed by atoms with Crippen LogP contribution >= 0.6 is 0 Å². The van der Waals surface area contributed by atoms with E-state index in [1.165, 1.54) is 11.0 Å². The van der Waals surface area contributed by atoms with Gasteiger partial charge in [-0.15, -0.1) is 0 Å². The van der Waals surface area contributed by atoms with Crippen LogP contribution in [0.25, 0.3) is 0 Å². The molecule has 0 atom stereocenters. The number of nitrogens with two attached hydrogens (primary N) is 1. The Balaban J connectivity index is 1.89. The molecule has 112 valence electrons. The van der Waals surface area contributed by atoms with E-state index in [1.807, 2.05) is 0 Å². The van der Waals surface area contributed by atoms with E-state index in [9.17, 15) is 23.2 Å². The normalized spacial score (nSPS) is 14.5. The smallest absolute Gasteiger partial charge is 0.254 e. The predicted octanol–water partition coefficient (Wildman–Crippen LogP) is -0.362. The molecule has 21 heavy (non-hydrogen) atoms. The molecular formula is C13H13F2N3O3. The van der Waals surface area contributed by atoms with Gasteiger partial charge >= 0.3 is 0 Å². The summed E-state index contributed by atoms with van der Waals surface area (Å²) >= 11 is 0. The molecular weight excluding hydrogens is 284 g/mol. The van der Waals surface area contributed by atoms with Crippen molar-refractivity contribution in [3.8, 4) is 0 Å². The number of nitrogens with one attached hydrogen (secondary N) is 1. The van der Waals surface area contributed by atoms with Crippen LogP contribution in [0.15, 0.2) is 18.2 Å². The van der Waals surface area contributed by atoms with Gasteiger partial charge in [0.2, 0.25) is 11.8 Å². The maximum atomic E-state index is 13.1. The summed E-state index contributed by atoms with van der Waals surface area (Å²) in [6.45, 7) is 0.0529. The van der Waals surface area contributed by atoms with Gasteiger partial charge in [0, 0.05) is 18.7 Å². The molecule has 1 aliphatic heterocycles. The lowest BCUT2D eigenvalue weighted by molar-refractivity contribution is -0.131. The van der Waals surface area contributed by atoms with E-state index in [4.69, 9.17) is 5.73 Å². The zero-order valence-corrected chi connectivity index (χ0v) is 10.9. The number of primary amides is 1. The molecule has 6 nitrogen and oxygen atoms in total. The van der Waals surface area contributed by atoms with Crippen LogP contribution in [0.4, 0.5) is 8.78 Å². The molecule has 1 saturated heterocycles. The number of carbonyl (C=O) groups is 3. The molecule has 3 N–H and O–H groups in total. The third-order valence-corrected chi connectivity index (χ3v) is 3.14. The lowest BCUT2D eigenvalue weighted by atomic mass is 9.98. The Labute approximate surface area is 118 Å². The Hall–Kier alpha value is -2.51. The van der Waals surface area contributed by atoms with Crippen LogP contribution in [0.3, 0.4) is 0 Å². The highest BCUT2D eigenvalue weighted by atomic mass is 19.2. The minimum atomic E-state index is -1.10. The summed E-state index contributed by atoms with van der Waals surface area (Å²) in [5.41, 5.74) is 4.91. The molecule has 1 heterocycles. The van der Waals surface area contributed by atoms with Gasteiger partial charge in [-0.25, -0.2) is 8.78 Å². The van der Waals surface area contributed by atoms with Crippen LogP contribution in [0, 0.1) is 17.6 Å². The fraction of sp³-hybridized carbons (Fsp3) is 0.308. The lowest BCUT2D eigenvalue weighted by Gasteiger charge is -2.38. The van der Waals surface area contributed by atoms with E-state index in [0.29, 0.717) is 0 Å². The van der Waals surface area contributed by atoms with Crippen LogP contribution in [-0.2, 0) is 9.59 Å². The van der Waals surface area contributed by atoms with Crippen molar-refractivity contribution in [3.05, 3.63) is 35.4 Å². The summed E-state index contributed by atoms with van der Waals surface area (Å²) in [7, 11) is 0. The molecule has 8 heteroatoms. The molecule has 0 aromatic heterocycles. The van der Waals surface area contributed by atoms with Crippen LogP contribution in [-0.4, -0.2) is 42.3 Å². The molecule has 1 fully saturated rings. The van der Waals surface area contributed by atoms with Gasteiger partial charge in [-0.1, -0.05) is 0 Å². The van der Waals surface area contributed by atoms with E-state index < -0.39 is 29.4 Å². The van der Waals surface area contributed by atoms with Crippen molar-refractivity contribution in [1.29, 1.82) is 0 Å². The zero-order valence-electron chi connectivity index (χ0n) is 10.9. The van der Waals surface area contributed by atoms with Crippen molar-refractivity contribution >= 4 is 17.7 Å². The quantitative estimate of drug-likeness (QED) is 0.795. The van der Waals surface area contributed by atoms with Crippen LogP contribution in [0.1, 0.15) is 10.4 Å². The van der Waals surface area contributed by atoms with Gasteiger partial charge in [-0.3, -0.25) is 14.4 Å². The van der Waals surface area contributed by atoms with Crippen molar-refractivity contribution in [1.82, 2.24) is 10.2 Å². The fourth-order valence-corrected chi connectivity index (χ4v) is 1.94. The number of amides is 3. The maximum Gasteiger partial charge on any atom is 0.254 e. The second-order valence-electron chi connectivity index (χ2n) is 4.72. The average molecular weight is 297 g/mol. The molecule has 0 radical (unpaired) electrons. The van der Waals surface area contributed by atoms with Gasteiger partial charge in [0.15, 0.2) is 11.6 Å². The number of halogens is 2. The monoisotopic (exact) mass is 297 g/mol. The molecule has 0 bridgehead atoms. The molecule has 0 unspecified atom stereocenters. The second-order valence-corrected chi connectivity index (χ2v) is 4.72. The van der Waals surface area contributed by atoms with Crippen LogP contribution < -0.4 is 11.1 Å². The Morgan fingerprint density at radius 1 is 1.24 bits per heavy atom. The van der Waals surface area contributed by atoms with Crippen molar-refractivity contribution < 1.29 is 23.2 Å². The summed E-state index contributed by atoms with van der Waals surface area (Å²) in [5.74, 6) is -4.07. The van der Waals surface area contributed by atoms with Crippen LogP contribution in [0.5, 0.6) is 0 Å². The Morgan fingerprint density at radius 3 is 2.48 bits per heavy atom. The van der Waals surface area contributed by atoms with E-state index in [1.54, 1.807) is 0 Å². The van der Waals surface area contributed by atoms with Gasteiger partial charge in [0.05, 0.1) is 12.5 Å². The third kappa shape index (κ3) is 3.33. The number of hydrogen-bond donors (Lipinski definition) is 2. The molecule has 0 spiro atoms. The van der Waals surface area contributed by atoms with Crippen molar-refractivity contribution in [2.75, 3.05) is 19.6 Å². The molecule has 1 aliphatic rings. The number of hydrogen-bond acceptors (Lipinski definition) is 3. The SMILES string of the molecule is NC(=O)CNC(=O)C1CN(C(=O)c2ccc(F)c(F)c2)C1. The number of carbonyl (C=O) groups excluding carboxylic acids is 3. The van der Waals surface area contributed by atoms with E-state index >= 15 is 0 Å².